The monoisotopic (exact) mass is 494 g/mol. The molecule has 5 rings (SSSR count). The van der Waals surface area contributed by atoms with Gasteiger partial charge < -0.3 is 25.5 Å². The Kier molecular flexibility index (Phi) is 7.06. The average Bonchev–Trinajstić information content (AvgIpc) is 3.14. The highest BCUT2D eigenvalue weighted by molar-refractivity contribution is 5.87. The molecule has 2 saturated heterocycles. The van der Waals surface area contributed by atoms with Crippen molar-refractivity contribution in [3.8, 4) is 5.75 Å². The summed E-state index contributed by atoms with van der Waals surface area (Å²) in [5.74, 6) is 0.317. The molecule has 2 aromatic rings. The predicted molar refractivity (Wildman–Crippen MR) is 133 cm³/mol. The van der Waals surface area contributed by atoms with Gasteiger partial charge in [-0.05, 0) is 74.3 Å². The van der Waals surface area contributed by atoms with E-state index in [0.717, 1.165) is 57.1 Å². The van der Waals surface area contributed by atoms with Gasteiger partial charge in [0.15, 0.2) is 0 Å². The van der Waals surface area contributed by atoms with E-state index in [1.54, 1.807) is 24.3 Å². The quantitative estimate of drug-likeness (QED) is 0.532. The highest BCUT2D eigenvalue weighted by Gasteiger charge is 2.45. The van der Waals surface area contributed by atoms with Gasteiger partial charge in [-0.1, -0.05) is 29.4 Å². The number of nitrogens with two attached hydrogens (primary N) is 1. The third kappa shape index (κ3) is 5.45. The van der Waals surface area contributed by atoms with Crippen LogP contribution in [-0.4, -0.2) is 40.9 Å². The molecule has 3 amide bonds. The molecular weight excluding hydrogens is 463 g/mol. The number of nitrogens with zero attached hydrogens (tertiary/aromatic N) is 2. The van der Waals surface area contributed by atoms with Crippen LogP contribution in [0.15, 0.2) is 53.7 Å². The number of urea groups is 1. The molecule has 36 heavy (non-hydrogen) atoms. The number of benzene rings is 2. The number of nitrogens with one attached hydrogen (secondary N) is 1. The fourth-order valence-electron chi connectivity index (χ4n) is 5.73. The Morgan fingerprint density at radius 3 is 2.33 bits per heavy atom. The van der Waals surface area contributed by atoms with E-state index in [0.29, 0.717) is 17.0 Å². The SMILES string of the molecule is NC(=O)Nc1ccc(C2CCC(=NOC3CC4CCC(C3)N4C(=O)Oc3ccccc3)CC2)c(F)c1. The Labute approximate surface area is 209 Å². The molecule has 3 fully saturated rings. The first-order chi connectivity index (χ1) is 17.5. The molecule has 9 heteroatoms. The average molecular weight is 495 g/mol. The van der Waals surface area contributed by atoms with Crippen LogP contribution in [0.5, 0.6) is 5.75 Å². The number of oxime groups is 1. The van der Waals surface area contributed by atoms with E-state index in [2.05, 4.69) is 10.5 Å². The van der Waals surface area contributed by atoms with Gasteiger partial charge in [0.2, 0.25) is 0 Å². The molecule has 2 aliphatic heterocycles. The van der Waals surface area contributed by atoms with Crippen LogP contribution >= 0.6 is 0 Å². The van der Waals surface area contributed by atoms with E-state index in [-0.39, 0.29) is 36.0 Å². The molecule has 1 saturated carbocycles. The minimum atomic E-state index is -0.716. The molecule has 3 N–H and O–H groups in total. The number of carbonyl (C=O) groups is 2. The molecule has 2 atom stereocenters. The second-order valence-electron chi connectivity index (χ2n) is 9.83. The van der Waals surface area contributed by atoms with Crippen molar-refractivity contribution >= 4 is 23.5 Å². The van der Waals surface area contributed by atoms with Gasteiger partial charge in [-0.15, -0.1) is 0 Å². The highest BCUT2D eigenvalue weighted by atomic mass is 19.1. The van der Waals surface area contributed by atoms with Gasteiger partial charge in [0, 0.05) is 30.6 Å². The van der Waals surface area contributed by atoms with E-state index >= 15 is 0 Å². The van der Waals surface area contributed by atoms with E-state index in [4.69, 9.17) is 15.3 Å². The summed E-state index contributed by atoms with van der Waals surface area (Å²) in [4.78, 5) is 31.6. The maximum absolute atomic E-state index is 14.6. The van der Waals surface area contributed by atoms with Gasteiger partial charge in [-0.3, -0.25) is 0 Å². The van der Waals surface area contributed by atoms with Crippen molar-refractivity contribution in [1.29, 1.82) is 0 Å². The zero-order valence-electron chi connectivity index (χ0n) is 20.1. The lowest BCUT2D eigenvalue weighted by atomic mass is 9.83. The number of rotatable bonds is 5. The minimum absolute atomic E-state index is 0.0174. The van der Waals surface area contributed by atoms with E-state index in [9.17, 15) is 14.0 Å². The van der Waals surface area contributed by atoms with Crippen molar-refractivity contribution in [2.75, 3.05) is 5.32 Å². The fourth-order valence-corrected chi connectivity index (χ4v) is 5.73. The first kappa shape index (κ1) is 24.1. The molecule has 0 radical (unpaired) electrons. The Bertz CT molecular complexity index is 1120. The Morgan fingerprint density at radius 2 is 1.69 bits per heavy atom. The number of anilines is 1. The van der Waals surface area contributed by atoms with Crippen molar-refractivity contribution < 1.29 is 23.6 Å². The number of piperidine rings is 1. The zero-order valence-corrected chi connectivity index (χ0v) is 20.1. The summed E-state index contributed by atoms with van der Waals surface area (Å²) in [6, 6.07) is 13.3. The molecule has 3 aliphatic rings. The second kappa shape index (κ2) is 10.6. The van der Waals surface area contributed by atoms with Gasteiger partial charge in [0.05, 0.1) is 5.71 Å². The van der Waals surface area contributed by atoms with E-state index < -0.39 is 6.03 Å². The molecule has 0 aromatic heterocycles. The first-order valence-corrected chi connectivity index (χ1v) is 12.6. The van der Waals surface area contributed by atoms with Crippen LogP contribution in [0.1, 0.15) is 62.8 Å². The lowest BCUT2D eigenvalue weighted by Crippen LogP contribution is -2.49. The van der Waals surface area contributed by atoms with E-state index in [1.165, 1.54) is 6.07 Å². The number of hydrogen-bond acceptors (Lipinski definition) is 5. The number of primary amides is 1. The van der Waals surface area contributed by atoms with Crippen LogP contribution in [0, 0.1) is 5.82 Å². The molecular formula is C27H31FN4O4. The Morgan fingerprint density at radius 1 is 1.00 bits per heavy atom. The van der Waals surface area contributed by atoms with Crippen LogP contribution in [0.4, 0.5) is 19.7 Å². The predicted octanol–water partition coefficient (Wildman–Crippen LogP) is 5.54. The van der Waals surface area contributed by atoms with Crippen molar-refractivity contribution in [2.45, 2.75) is 75.5 Å². The number of ether oxygens (including phenoxy) is 1. The van der Waals surface area contributed by atoms with E-state index in [1.807, 2.05) is 23.1 Å². The zero-order chi connectivity index (χ0) is 25.1. The lowest BCUT2D eigenvalue weighted by molar-refractivity contribution is -0.0114. The molecule has 2 aromatic carbocycles. The number of halogens is 1. The molecule has 0 spiro atoms. The second-order valence-corrected chi connectivity index (χ2v) is 9.83. The third-order valence-electron chi connectivity index (χ3n) is 7.45. The molecule has 190 valence electrons. The van der Waals surface area contributed by atoms with Crippen molar-refractivity contribution in [2.24, 2.45) is 10.9 Å². The van der Waals surface area contributed by atoms with Gasteiger partial charge in [0.25, 0.3) is 0 Å². The van der Waals surface area contributed by atoms with Crippen molar-refractivity contribution in [3.05, 3.63) is 59.9 Å². The highest BCUT2D eigenvalue weighted by Crippen LogP contribution is 2.38. The summed E-state index contributed by atoms with van der Waals surface area (Å²) in [5, 5.41) is 6.86. The summed E-state index contributed by atoms with van der Waals surface area (Å²) >= 11 is 0. The Balaban J connectivity index is 1.11. The summed E-state index contributed by atoms with van der Waals surface area (Å²) in [6.45, 7) is 0. The Hall–Kier alpha value is -3.62. The maximum Gasteiger partial charge on any atom is 0.415 e. The van der Waals surface area contributed by atoms with Crippen molar-refractivity contribution in [3.63, 3.8) is 0 Å². The normalized spacial score (nSPS) is 25.2. The number of fused-ring (bicyclic) bond motifs is 2. The largest absolute Gasteiger partial charge is 0.415 e. The summed E-state index contributed by atoms with van der Waals surface area (Å²) in [6.07, 6.45) is 6.17. The molecule has 1 aliphatic carbocycles. The first-order valence-electron chi connectivity index (χ1n) is 12.6. The topological polar surface area (TPSA) is 106 Å². The van der Waals surface area contributed by atoms with Crippen LogP contribution in [0.2, 0.25) is 0 Å². The lowest BCUT2D eigenvalue weighted by Gasteiger charge is -2.37. The summed E-state index contributed by atoms with van der Waals surface area (Å²) in [5.41, 5.74) is 7.10. The summed E-state index contributed by atoms with van der Waals surface area (Å²) < 4.78 is 20.2. The number of para-hydroxylation sites is 1. The maximum atomic E-state index is 14.6. The number of carbonyl (C=O) groups excluding carboxylic acids is 2. The third-order valence-corrected chi connectivity index (χ3v) is 7.45. The van der Waals surface area contributed by atoms with Gasteiger partial charge in [-0.2, -0.15) is 0 Å². The van der Waals surface area contributed by atoms with Crippen LogP contribution in [-0.2, 0) is 4.84 Å². The molecule has 2 unspecified atom stereocenters. The summed E-state index contributed by atoms with van der Waals surface area (Å²) in [7, 11) is 0. The van der Waals surface area contributed by atoms with Gasteiger partial charge in [-0.25, -0.2) is 14.0 Å². The smallest absolute Gasteiger partial charge is 0.410 e. The van der Waals surface area contributed by atoms with Crippen LogP contribution < -0.4 is 15.8 Å². The van der Waals surface area contributed by atoms with Crippen LogP contribution in [0.3, 0.4) is 0 Å². The van der Waals surface area contributed by atoms with Crippen molar-refractivity contribution in [1.82, 2.24) is 4.90 Å². The standard InChI is InChI=1S/C27H31FN4O4/c28-25-14-19(30-26(29)33)10-13-24(25)17-6-8-18(9-7-17)31-36-23-15-20-11-12-21(16-23)32(20)27(34)35-22-4-2-1-3-5-22/h1-5,10,13-14,17,20-21,23H,6-9,11-12,15-16H2,(H3,29,30,33). The fraction of sp³-hybridized carbons (Fsp3) is 0.444. The van der Waals surface area contributed by atoms with Crippen LogP contribution in [0.25, 0.3) is 0 Å². The molecule has 2 heterocycles. The minimum Gasteiger partial charge on any atom is -0.410 e. The van der Waals surface area contributed by atoms with Gasteiger partial charge in [0.1, 0.15) is 17.7 Å². The van der Waals surface area contributed by atoms with Gasteiger partial charge >= 0.3 is 12.1 Å². The molecule has 8 nitrogen and oxygen atoms in total. The molecule has 2 bridgehead atoms. The number of hydrogen-bond donors (Lipinski definition) is 2. The number of amides is 3.